The first kappa shape index (κ1) is 28.2. The number of carboxylic acid groups (broad SMARTS) is 1. The molecule has 2 aromatic rings. The fourth-order valence-electron chi connectivity index (χ4n) is 5.17. The van der Waals surface area contributed by atoms with E-state index < -0.39 is 23.3 Å². The lowest BCUT2D eigenvalue weighted by atomic mass is 9.79. The first-order valence-corrected chi connectivity index (χ1v) is 13.5. The highest BCUT2D eigenvalue weighted by Crippen LogP contribution is 2.36. The summed E-state index contributed by atoms with van der Waals surface area (Å²) in [5.74, 6) is -1.42. The van der Waals surface area contributed by atoms with Crippen molar-refractivity contribution in [3.8, 4) is 5.75 Å². The Labute approximate surface area is 232 Å². The average molecular weight is 563 g/mol. The van der Waals surface area contributed by atoms with Crippen molar-refractivity contribution in [2.45, 2.75) is 64.3 Å². The maximum atomic E-state index is 13.5. The molecule has 2 bridgehead atoms. The van der Waals surface area contributed by atoms with Gasteiger partial charge in [-0.3, -0.25) is 9.59 Å². The van der Waals surface area contributed by atoms with Gasteiger partial charge in [-0.25, -0.2) is 4.79 Å². The summed E-state index contributed by atoms with van der Waals surface area (Å²) in [6.07, 6.45) is 1.39. The van der Waals surface area contributed by atoms with Gasteiger partial charge in [-0.2, -0.15) is 0 Å². The molecule has 2 amide bonds. The van der Waals surface area contributed by atoms with Gasteiger partial charge in [0.2, 0.25) is 11.8 Å². The van der Waals surface area contributed by atoms with Crippen molar-refractivity contribution in [1.82, 2.24) is 10.2 Å². The molecule has 10 heteroatoms. The van der Waals surface area contributed by atoms with Crippen LogP contribution < -0.4 is 10.1 Å². The number of fused-ring (bicyclic) bond motifs is 2. The number of hydrogen-bond donors (Lipinski definition) is 2. The van der Waals surface area contributed by atoms with E-state index in [9.17, 15) is 19.5 Å². The van der Waals surface area contributed by atoms with Gasteiger partial charge in [0, 0.05) is 28.6 Å². The number of likely N-dealkylation sites (tertiary alicyclic amines) is 1. The standard InChI is InChI=1S/C28H32Cl2N2O6/c1-3-28(4-2,27(36)32-14-20-13-18(32)15-37-20)26(35)31-24(25(33)34)12-17-8-10-19(11-9-17)38-16-21-22(29)6-5-7-23(21)30/h5-11,18,20,24H,3-4,12-16H2,1-2H3,(H,31,35)(H,33,34). The van der Waals surface area contributed by atoms with E-state index in [0.29, 0.717) is 40.1 Å². The molecule has 0 radical (unpaired) electrons. The zero-order valence-electron chi connectivity index (χ0n) is 21.4. The van der Waals surface area contributed by atoms with Gasteiger partial charge >= 0.3 is 5.97 Å². The molecule has 2 aliphatic rings. The van der Waals surface area contributed by atoms with E-state index in [1.807, 2.05) is 0 Å². The van der Waals surface area contributed by atoms with Gasteiger partial charge < -0.3 is 24.8 Å². The molecule has 8 nitrogen and oxygen atoms in total. The molecule has 204 valence electrons. The smallest absolute Gasteiger partial charge is 0.326 e. The SMILES string of the molecule is CCC(CC)(C(=O)NC(Cc1ccc(OCc2c(Cl)cccc2Cl)cc1)C(=O)O)C(=O)N1CC2CC1CO2. The summed E-state index contributed by atoms with van der Waals surface area (Å²) in [7, 11) is 0. The Morgan fingerprint density at radius 3 is 2.32 bits per heavy atom. The molecule has 38 heavy (non-hydrogen) atoms. The molecule has 2 aliphatic heterocycles. The second-order valence-corrected chi connectivity index (χ2v) is 10.6. The normalized spacial score (nSPS) is 19.3. The summed E-state index contributed by atoms with van der Waals surface area (Å²) in [5.41, 5.74) is 0.0445. The van der Waals surface area contributed by atoms with Crippen LogP contribution in [0.25, 0.3) is 0 Å². The Morgan fingerprint density at radius 1 is 1.13 bits per heavy atom. The maximum Gasteiger partial charge on any atom is 0.326 e. The number of carboxylic acids is 1. The van der Waals surface area contributed by atoms with Crippen LogP contribution in [-0.2, 0) is 32.1 Å². The Bertz CT molecular complexity index is 1160. The molecule has 2 aromatic carbocycles. The maximum absolute atomic E-state index is 13.5. The number of hydrogen-bond acceptors (Lipinski definition) is 5. The van der Waals surface area contributed by atoms with Crippen LogP contribution in [0.15, 0.2) is 42.5 Å². The molecule has 0 spiro atoms. The van der Waals surface area contributed by atoms with Crippen LogP contribution in [0.3, 0.4) is 0 Å². The van der Waals surface area contributed by atoms with Crippen molar-refractivity contribution < 1.29 is 29.0 Å². The molecule has 2 fully saturated rings. The van der Waals surface area contributed by atoms with Gasteiger partial charge in [0.05, 0.1) is 18.8 Å². The monoisotopic (exact) mass is 562 g/mol. The van der Waals surface area contributed by atoms with Gasteiger partial charge in [-0.1, -0.05) is 55.2 Å². The molecular formula is C28H32Cl2N2O6. The van der Waals surface area contributed by atoms with Crippen LogP contribution in [0.5, 0.6) is 5.75 Å². The number of amides is 2. The second-order valence-electron chi connectivity index (χ2n) is 9.79. The number of rotatable bonds is 11. The summed E-state index contributed by atoms with van der Waals surface area (Å²) < 4.78 is 11.4. The van der Waals surface area contributed by atoms with E-state index in [2.05, 4.69) is 5.32 Å². The number of benzene rings is 2. The Hall–Kier alpha value is -2.81. The molecule has 0 aromatic heterocycles. The summed E-state index contributed by atoms with van der Waals surface area (Å²) in [6, 6.07) is 10.9. The second kappa shape index (κ2) is 11.9. The van der Waals surface area contributed by atoms with Crippen LogP contribution >= 0.6 is 23.2 Å². The average Bonchev–Trinajstić information content (AvgIpc) is 3.54. The minimum atomic E-state index is -1.32. The van der Waals surface area contributed by atoms with Crippen molar-refractivity contribution >= 4 is 41.0 Å². The Balaban J connectivity index is 1.41. The fourth-order valence-corrected chi connectivity index (χ4v) is 5.68. The van der Waals surface area contributed by atoms with Crippen LogP contribution in [0.1, 0.15) is 44.2 Å². The summed E-state index contributed by atoms with van der Waals surface area (Å²) >= 11 is 12.4. The molecule has 4 rings (SSSR count). The lowest BCUT2D eigenvalue weighted by Crippen LogP contribution is -2.57. The van der Waals surface area contributed by atoms with E-state index in [1.54, 1.807) is 61.2 Å². The predicted molar refractivity (Wildman–Crippen MR) is 143 cm³/mol. The third-order valence-electron chi connectivity index (χ3n) is 7.62. The van der Waals surface area contributed by atoms with Gasteiger partial charge in [0.1, 0.15) is 23.8 Å². The molecule has 0 saturated carbocycles. The van der Waals surface area contributed by atoms with E-state index >= 15 is 0 Å². The number of halogens is 2. The number of ether oxygens (including phenoxy) is 2. The number of morpholine rings is 1. The van der Waals surface area contributed by atoms with Gasteiger partial charge in [0.15, 0.2) is 0 Å². The Kier molecular flexibility index (Phi) is 8.85. The number of nitrogens with zero attached hydrogens (tertiary/aromatic N) is 1. The van der Waals surface area contributed by atoms with Crippen molar-refractivity contribution in [3.05, 3.63) is 63.6 Å². The molecule has 2 saturated heterocycles. The van der Waals surface area contributed by atoms with Crippen molar-refractivity contribution in [3.63, 3.8) is 0 Å². The van der Waals surface area contributed by atoms with Crippen LogP contribution in [0.4, 0.5) is 0 Å². The predicted octanol–water partition coefficient (Wildman–Crippen LogP) is 4.49. The van der Waals surface area contributed by atoms with E-state index in [4.69, 9.17) is 32.7 Å². The highest BCUT2D eigenvalue weighted by molar-refractivity contribution is 6.35. The third-order valence-corrected chi connectivity index (χ3v) is 8.33. The van der Waals surface area contributed by atoms with Crippen molar-refractivity contribution in [2.24, 2.45) is 5.41 Å². The highest BCUT2D eigenvalue weighted by atomic mass is 35.5. The summed E-state index contributed by atoms with van der Waals surface area (Å²) in [6.45, 7) is 4.70. The quantitative estimate of drug-likeness (QED) is 0.391. The summed E-state index contributed by atoms with van der Waals surface area (Å²) in [5, 5.41) is 13.5. The minimum absolute atomic E-state index is 0.0128. The molecule has 3 atom stereocenters. The largest absolute Gasteiger partial charge is 0.489 e. The molecule has 3 unspecified atom stereocenters. The fraction of sp³-hybridized carbons (Fsp3) is 0.464. The first-order valence-electron chi connectivity index (χ1n) is 12.8. The van der Waals surface area contributed by atoms with Gasteiger partial charge in [-0.15, -0.1) is 0 Å². The van der Waals surface area contributed by atoms with Crippen LogP contribution in [0.2, 0.25) is 10.0 Å². The topological polar surface area (TPSA) is 105 Å². The van der Waals surface area contributed by atoms with Crippen molar-refractivity contribution in [2.75, 3.05) is 13.2 Å². The molecule has 2 heterocycles. The zero-order valence-corrected chi connectivity index (χ0v) is 22.9. The van der Waals surface area contributed by atoms with Crippen molar-refractivity contribution in [1.29, 1.82) is 0 Å². The van der Waals surface area contributed by atoms with Crippen LogP contribution in [-0.4, -0.2) is 59.1 Å². The number of aliphatic carboxylic acids is 1. The van der Waals surface area contributed by atoms with E-state index in [1.165, 1.54) is 0 Å². The van der Waals surface area contributed by atoms with E-state index in [0.717, 1.165) is 6.42 Å². The molecule has 2 N–H and O–H groups in total. The summed E-state index contributed by atoms with van der Waals surface area (Å²) in [4.78, 5) is 40.8. The minimum Gasteiger partial charge on any atom is -0.489 e. The third kappa shape index (κ3) is 5.77. The number of nitrogens with one attached hydrogen (secondary N) is 1. The lowest BCUT2D eigenvalue weighted by Gasteiger charge is -2.37. The first-order chi connectivity index (χ1) is 18.2. The van der Waals surface area contributed by atoms with Gasteiger partial charge in [0.25, 0.3) is 0 Å². The highest BCUT2D eigenvalue weighted by Gasteiger charge is 2.51. The number of carbonyl (C=O) groups is 3. The van der Waals surface area contributed by atoms with Crippen LogP contribution in [0, 0.1) is 5.41 Å². The molecule has 0 aliphatic carbocycles. The zero-order chi connectivity index (χ0) is 27.4. The lowest BCUT2D eigenvalue weighted by molar-refractivity contribution is -0.156. The van der Waals surface area contributed by atoms with E-state index in [-0.39, 0.29) is 43.9 Å². The molecular weight excluding hydrogens is 531 g/mol. The van der Waals surface area contributed by atoms with Gasteiger partial charge in [-0.05, 0) is 49.1 Å². The number of carbonyl (C=O) groups excluding carboxylic acids is 2. The Morgan fingerprint density at radius 2 is 1.79 bits per heavy atom.